The normalized spacial score (nSPS) is 9.90. The Morgan fingerprint density at radius 2 is 1.95 bits per heavy atom. The number of carbonyl (C=O) groups is 1. The fraction of sp³-hybridized carbons (Fsp3) is 0.188. The van der Waals surface area contributed by atoms with E-state index in [1.807, 2.05) is 42.5 Å². The Balaban J connectivity index is 2.04. The predicted octanol–water partition coefficient (Wildman–Crippen LogP) is 3.09. The van der Waals surface area contributed by atoms with Crippen LogP contribution in [0.25, 0.3) is 0 Å². The smallest absolute Gasteiger partial charge is 0.340 e. The highest BCUT2D eigenvalue weighted by molar-refractivity contribution is 5.95. The van der Waals surface area contributed by atoms with Crippen LogP contribution < -0.4 is 10.1 Å². The van der Waals surface area contributed by atoms with Gasteiger partial charge in [-0.3, -0.25) is 0 Å². The summed E-state index contributed by atoms with van der Waals surface area (Å²) in [6.45, 7) is 0.216. The molecule has 2 aromatic rings. The molecule has 0 bridgehead atoms. The van der Waals surface area contributed by atoms with E-state index in [0.29, 0.717) is 5.56 Å². The van der Waals surface area contributed by atoms with Crippen LogP contribution in [0.1, 0.15) is 15.9 Å². The van der Waals surface area contributed by atoms with E-state index >= 15 is 0 Å². The average Bonchev–Trinajstić information content (AvgIpc) is 2.52. The number of esters is 1. The Bertz CT molecular complexity index is 596. The maximum atomic E-state index is 12.1. The van der Waals surface area contributed by atoms with Crippen molar-refractivity contribution in [1.82, 2.24) is 0 Å². The maximum absolute atomic E-state index is 12.1. The first-order chi connectivity index (χ1) is 9.74. The van der Waals surface area contributed by atoms with E-state index in [0.717, 1.165) is 17.0 Å². The highest BCUT2D eigenvalue weighted by atomic mass is 16.5. The van der Waals surface area contributed by atoms with E-state index in [9.17, 15) is 4.79 Å². The molecule has 4 nitrogen and oxygen atoms in total. The van der Waals surface area contributed by atoms with Crippen molar-refractivity contribution >= 4 is 11.7 Å². The zero-order valence-electron chi connectivity index (χ0n) is 11.6. The second-order valence-corrected chi connectivity index (χ2v) is 4.22. The van der Waals surface area contributed by atoms with Gasteiger partial charge < -0.3 is 14.8 Å². The lowest BCUT2D eigenvalue weighted by Gasteiger charge is -2.09. The molecule has 0 aromatic heterocycles. The van der Waals surface area contributed by atoms with Crippen LogP contribution in [-0.2, 0) is 11.3 Å². The summed E-state index contributed by atoms with van der Waals surface area (Å²) in [5, 5.41) is 2.97. The van der Waals surface area contributed by atoms with E-state index in [-0.39, 0.29) is 12.6 Å². The number of anilines is 1. The summed E-state index contributed by atoms with van der Waals surface area (Å²) in [5.41, 5.74) is 2.17. The minimum atomic E-state index is -0.349. The molecular weight excluding hydrogens is 254 g/mol. The maximum Gasteiger partial charge on any atom is 0.340 e. The fourth-order valence-corrected chi connectivity index (χ4v) is 1.87. The molecule has 104 valence electrons. The Labute approximate surface area is 118 Å². The van der Waals surface area contributed by atoms with Gasteiger partial charge in [-0.2, -0.15) is 0 Å². The standard InChI is InChI=1S/C16H17NO3/c1-17-15-9-4-3-8-14(15)16(18)20-11-12-6-5-7-13(10-12)19-2/h3-10,17H,11H2,1-2H3. The summed E-state index contributed by atoms with van der Waals surface area (Å²) >= 11 is 0. The molecule has 20 heavy (non-hydrogen) atoms. The van der Waals surface area contributed by atoms with Gasteiger partial charge in [0.25, 0.3) is 0 Å². The first-order valence-electron chi connectivity index (χ1n) is 6.31. The lowest BCUT2D eigenvalue weighted by Crippen LogP contribution is -2.08. The molecule has 0 spiro atoms. The molecule has 0 radical (unpaired) electrons. The Hall–Kier alpha value is -2.49. The molecule has 1 N–H and O–H groups in total. The molecule has 0 unspecified atom stereocenters. The van der Waals surface area contributed by atoms with Crippen molar-refractivity contribution < 1.29 is 14.3 Å². The Kier molecular flexibility index (Phi) is 4.60. The van der Waals surface area contributed by atoms with Crippen molar-refractivity contribution in [2.45, 2.75) is 6.61 Å². The van der Waals surface area contributed by atoms with Crippen LogP contribution in [-0.4, -0.2) is 20.1 Å². The first-order valence-corrected chi connectivity index (χ1v) is 6.31. The average molecular weight is 271 g/mol. The number of benzene rings is 2. The number of hydrogen-bond donors (Lipinski definition) is 1. The minimum absolute atomic E-state index is 0.216. The number of ether oxygens (including phenoxy) is 2. The number of para-hydroxylation sites is 1. The van der Waals surface area contributed by atoms with Crippen LogP contribution in [0.4, 0.5) is 5.69 Å². The highest BCUT2D eigenvalue weighted by Gasteiger charge is 2.11. The quantitative estimate of drug-likeness (QED) is 0.849. The molecule has 0 heterocycles. The number of rotatable bonds is 5. The van der Waals surface area contributed by atoms with Gasteiger partial charge in [0.1, 0.15) is 12.4 Å². The molecule has 0 amide bonds. The van der Waals surface area contributed by atoms with Gasteiger partial charge in [0.15, 0.2) is 0 Å². The van der Waals surface area contributed by atoms with Crippen LogP contribution in [0.2, 0.25) is 0 Å². The number of carbonyl (C=O) groups excluding carboxylic acids is 1. The molecule has 2 aromatic carbocycles. The van der Waals surface area contributed by atoms with Crippen molar-refractivity contribution in [2.75, 3.05) is 19.5 Å². The predicted molar refractivity (Wildman–Crippen MR) is 78.1 cm³/mol. The lowest BCUT2D eigenvalue weighted by atomic mass is 10.2. The number of methoxy groups -OCH3 is 1. The summed E-state index contributed by atoms with van der Waals surface area (Å²) in [4.78, 5) is 12.1. The summed E-state index contributed by atoms with van der Waals surface area (Å²) < 4.78 is 10.5. The van der Waals surface area contributed by atoms with Gasteiger partial charge in [-0.1, -0.05) is 24.3 Å². The van der Waals surface area contributed by atoms with E-state index < -0.39 is 0 Å². The summed E-state index contributed by atoms with van der Waals surface area (Å²) in [6, 6.07) is 14.7. The van der Waals surface area contributed by atoms with E-state index in [4.69, 9.17) is 9.47 Å². The zero-order chi connectivity index (χ0) is 14.4. The van der Waals surface area contributed by atoms with Gasteiger partial charge in [-0.25, -0.2) is 4.79 Å². The molecular formula is C16H17NO3. The molecule has 0 aliphatic rings. The van der Waals surface area contributed by atoms with Gasteiger partial charge in [0, 0.05) is 12.7 Å². The molecule has 4 heteroatoms. The van der Waals surface area contributed by atoms with Crippen molar-refractivity contribution in [3.63, 3.8) is 0 Å². The van der Waals surface area contributed by atoms with Crippen LogP contribution in [0.3, 0.4) is 0 Å². The second kappa shape index (κ2) is 6.61. The molecule has 0 fully saturated rings. The van der Waals surface area contributed by atoms with Crippen LogP contribution in [0, 0.1) is 0 Å². The van der Waals surface area contributed by atoms with Gasteiger partial charge in [-0.05, 0) is 29.8 Å². The van der Waals surface area contributed by atoms with Gasteiger partial charge >= 0.3 is 5.97 Å². The minimum Gasteiger partial charge on any atom is -0.497 e. The third-order valence-electron chi connectivity index (χ3n) is 2.92. The van der Waals surface area contributed by atoms with Crippen LogP contribution in [0.5, 0.6) is 5.75 Å². The van der Waals surface area contributed by atoms with E-state index in [1.165, 1.54) is 0 Å². The van der Waals surface area contributed by atoms with Crippen LogP contribution in [0.15, 0.2) is 48.5 Å². The van der Waals surface area contributed by atoms with Gasteiger partial charge in [-0.15, -0.1) is 0 Å². The summed E-state index contributed by atoms with van der Waals surface area (Å²) in [6.07, 6.45) is 0. The highest BCUT2D eigenvalue weighted by Crippen LogP contribution is 2.17. The molecule has 0 saturated carbocycles. The fourth-order valence-electron chi connectivity index (χ4n) is 1.87. The molecule has 2 rings (SSSR count). The molecule has 0 saturated heterocycles. The molecule has 0 aliphatic heterocycles. The van der Waals surface area contributed by atoms with E-state index in [1.54, 1.807) is 20.2 Å². The Morgan fingerprint density at radius 1 is 1.15 bits per heavy atom. The van der Waals surface area contributed by atoms with Crippen molar-refractivity contribution in [2.24, 2.45) is 0 Å². The third kappa shape index (κ3) is 3.29. The summed E-state index contributed by atoms with van der Waals surface area (Å²) in [7, 11) is 3.38. The molecule has 0 atom stereocenters. The second-order valence-electron chi connectivity index (χ2n) is 4.22. The first kappa shape index (κ1) is 13.9. The monoisotopic (exact) mass is 271 g/mol. The zero-order valence-corrected chi connectivity index (χ0v) is 11.6. The largest absolute Gasteiger partial charge is 0.497 e. The topological polar surface area (TPSA) is 47.6 Å². The number of nitrogens with one attached hydrogen (secondary N) is 1. The van der Waals surface area contributed by atoms with Crippen molar-refractivity contribution in [3.8, 4) is 5.75 Å². The SMILES string of the molecule is CNc1ccccc1C(=O)OCc1cccc(OC)c1. The van der Waals surface area contributed by atoms with Crippen molar-refractivity contribution in [1.29, 1.82) is 0 Å². The van der Waals surface area contributed by atoms with Gasteiger partial charge in [0.05, 0.1) is 12.7 Å². The Morgan fingerprint density at radius 3 is 2.70 bits per heavy atom. The molecule has 0 aliphatic carbocycles. The van der Waals surface area contributed by atoms with Gasteiger partial charge in [0.2, 0.25) is 0 Å². The summed E-state index contributed by atoms with van der Waals surface area (Å²) in [5.74, 6) is 0.395. The number of hydrogen-bond acceptors (Lipinski definition) is 4. The third-order valence-corrected chi connectivity index (χ3v) is 2.92. The van der Waals surface area contributed by atoms with Crippen LogP contribution >= 0.6 is 0 Å². The lowest BCUT2D eigenvalue weighted by molar-refractivity contribution is 0.0473. The van der Waals surface area contributed by atoms with E-state index in [2.05, 4.69) is 5.32 Å². The van der Waals surface area contributed by atoms with Crippen molar-refractivity contribution in [3.05, 3.63) is 59.7 Å².